The van der Waals surface area contributed by atoms with E-state index in [0.29, 0.717) is 6.42 Å². The van der Waals surface area contributed by atoms with Crippen LogP contribution in [0.2, 0.25) is 0 Å². The zero-order chi connectivity index (χ0) is 19.4. The molecule has 3 nitrogen and oxygen atoms in total. The summed E-state index contributed by atoms with van der Waals surface area (Å²) in [4.78, 5) is 12.9. The molecular formula is C22H28BrNO2. The standard InChI is InChI=1S/C22H28BrNO2/c1-16-10-12-17(13-11-16)7-6-14-22(24,20(25)26-21(2,3)4)18-8-5-9-19(23)15-18/h5,8-13,15H,6-7,14,24H2,1-4H3/t22-/m1/s1. The molecule has 0 bridgehead atoms. The monoisotopic (exact) mass is 417 g/mol. The molecule has 0 aliphatic carbocycles. The second kappa shape index (κ2) is 8.36. The highest BCUT2D eigenvalue weighted by atomic mass is 79.9. The SMILES string of the molecule is Cc1ccc(CCC[C@](N)(C(=O)OC(C)(C)C)c2cccc(Br)c2)cc1. The zero-order valence-corrected chi connectivity index (χ0v) is 17.6. The van der Waals surface area contributed by atoms with Gasteiger partial charge in [0, 0.05) is 4.47 Å². The number of rotatable bonds is 6. The van der Waals surface area contributed by atoms with Crippen LogP contribution in [0.25, 0.3) is 0 Å². The van der Waals surface area contributed by atoms with Crippen LogP contribution in [0.5, 0.6) is 0 Å². The van der Waals surface area contributed by atoms with E-state index in [1.165, 1.54) is 11.1 Å². The fraction of sp³-hybridized carbons (Fsp3) is 0.409. The topological polar surface area (TPSA) is 52.3 Å². The Morgan fingerprint density at radius 2 is 1.77 bits per heavy atom. The first-order valence-corrected chi connectivity index (χ1v) is 9.73. The van der Waals surface area contributed by atoms with E-state index in [4.69, 9.17) is 10.5 Å². The van der Waals surface area contributed by atoms with Crippen LogP contribution >= 0.6 is 15.9 Å². The van der Waals surface area contributed by atoms with Crippen molar-refractivity contribution in [3.63, 3.8) is 0 Å². The average Bonchev–Trinajstić information content (AvgIpc) is 2.55. The lowest BCUT2D eigenvalue weighted by molar-refractivity contribution is -0.162. The number of benzene rings is 2. The van der Waals surface area contributed by atoms with Crippen molar-refractivity contribution in [3.05, 3.63) is 69.7 Å². The van der Waals surface area contributed by atoms with Crippen LogP contribution in [-0.4, -0.2) is 11.6 Å². The molecule has 4 heteroatoms. The van der Waals surface area contributed by atoms with E-state index in [9.17, 15) is 4.79 Å². The molecule has 26 heavy (non-hydrogen) atoms. The van der Waals surface area contributed by atoms with Gasteiger partial charge in [-0.3, -0.25) is 0 Å². The van der Waals surface area contributed by atoms with E-state index in [2.05, 4.69) is 47.1 Å². The molecule has 0 aliphatic heterocycles. The van der Waals surface area contributed by atoms with Crippen molar-refractivity contribution in [2.24, 2.45) is 5.73 Å². The van der Waals surface area contributed by atoms with Crippen molar-refractivity contribution < 1.29 is 9.53 Å². The third-order valence-corrected chi connectivity index (χ3v) is 4.75. The quantitative estimate of drug-likeness (QED) is 0.650. The minimum atomic E-state index is -1.16. The maximum Gasteiger partial charge on any atom is 0.331 e. The Morgan fingerprint density at radius 3 is 2.35 bits per heavy atom. The van der Waals surface area contributed by atoms with Crippen LogP contribution in [-0.2, 0) is 21.5 Å². The molecule has 0 aliphatic rings. The summed E-state index contributed by atoms with van der Waals surface area (Å²) in [6.45, 7) is 7.65. The molecule has 2 aromatic carbocycles. The van der Waals surface area contributed by atoms with Crippen molar-refractivity contribution >= 4 is 21.9 Å². The van der Waals surface area contributed by atoms with Crippen LogP contribution < -0.4 is 5.73 Å². The summed E-state index contributed by atoms with van der Waals surface area (Å²) >= 11 is 3.47. The lowest BCUT2D eigenvalue weighted by Crippen LogP contribution is -2.48. The van der Waals surface area contributed by atoms with Gasteiger partial charge in [-0.25, -0.2) is 4.79 Å². The number of aryl methyl sites for hydroxylation is 2. The largest absolute Gasteiger partial charge is 0.458 e. The van der Waals surface area contributed by atoms with Gasteiger partial charge in [0.25, 0.3) is 0 Å². The Morgan fingerprint density at radius 1 is 1.12 bits per heavy atom. The molecule has 140 valence electrons. The molecule has 2 N–H and O–H groups in total. The Balaban J connectivity index is 2.19. The molecule has 0 aromatic heterocycles. The van der Waals surface area contributed by atoms with Crippen molar-refractivity contribution in [2.75, 3.05) is 0 Å². The van der Waals surface area contributed by atoms with E-state index in [1.807, 2.05) is 45.0 Å². The summed E-state index contributed by atoms with van der Waals surface area (Å²) in [5.74, 6) is -0.382. The molecule has 2 aromatic rings. The van der Waals surface area contributed by atoms with E-state index >= 15 is 0 Å². The van der Waals surface area contributed by atoms with Crippen LogP contribution in [0.3, 0.4) is 0 Å². The predicted octanol–water partition coefficient (Wildman–Crippen LogP) is 5.28. The van der Waals surface area contributed by atoms with Crippen molar-refractivity contribution in [1.29, 1.82) is 0 Å². The molecule has 0 saturated carbocycles. The number of hydrogen-bond acceptors (Lipinski definition) is 3. The minimum absolute atomic E-state index is 0.382. The Labute approximate surface area is 165 Å². The molecule has 1 atom stereocenters. The zero-order valence-electron chi connectivity index (χ0n) is 16.0. The average molecular weight is 418 g/mol. The predicted molar refractivity (Wildman–Crippen MR) is 110 cm³/mol. The smallest absolute Gasteiger partial charge is 0.331 e. The van der Waals surface area contributed by atoms with Gasteiger partial charge in [0.05, 0.1) is 0 Å². The van der Waals surface area contributed by atoms with Gasteiger partial charge in [-0.2, -0.15) is 0 Å². The molecule has 0 radical (unpaired) electrons. The third-order valence-electron chi connectivity index (χ3n) is 4.26. The number of nitrogens with two attached hydrogens (primary N) is 1. The summed E-state index contributed by atoms with van der Waals surface area (Å²) in [5.41, 5.74) is 8.14. The third kappa shape index (κ3) is 5.68. The van der Waals surface area contributed by atoms with Gasteiger partial charge < -0.3 is 10.5 Å². The summed E-state index contributed by atoms with van der Waals surface area (Å²) in [6, 6.07) is 16.1. The first-order chi connectivity index (χ1) is 12.1. The number of hydrogen-bond donors (Lipinski definition) is 1. The van der Waals surface area contributed by atoms with Crippen LogP contribution in [0.4, 0.5) is 0 Å². The second-order valence-corrected chi connectivity index (χ2v) is 8.74. The highest BCUT2D eigenvalue weighted by molar-refractivity contribution is 9.10. The van der Waals surface area contributed by atoms with Gasteiger partial charge >= 0.3 is 5.97 Å². The Kier molecular flexibility index (Phi) is 6.64. The van der Waals surface area contributed by atoms with E-state index in [-0.39, 0.29) is 5.97 Å². The van der Waals surface area contributed by atoms with Crippen molar-refractivity contribution in [3.8, 4) is 0 Å². The number of esters is 1. The van der Waals surface area contributed by atoms with Gasteiger partial charge in [-0.05, 0) is 70.2 Å². The Hall–Kier alpha value is -1.65. The fourth-order valence-electron chi connectivity index (χ4n) is 2.83. The first-order valence-electron chi connectivity index (χ1n) is 8.94. The van der Waals surface area contributed by atoms with Gasteiger partial charge in [-0.15, -0.1) is 0 Å². The van der Waals surface area contributed by atoms with Crippen LogP contribution in [0.1, 0.15) is 50.3 Å². The molecule has 0 amide bonds. The minimum Gasteiger partial charge on any atom is -0.458 e. The highest BCUT2D eigenvalue weighted by Gasteiger charge is 2.39. The molecule has 0 heterocycles. The molecular weight excluding hydrogens is 390 g/mol. The number of carbonyl (C=O) groups is 1. The first kappa shape index (κ1) is 20.7. The van der Waals surface area contributed by atoms with Crippen molar-refractivity contribution in [1.82, 2.24) is 0 Å². The Bertz CT molecular complexity index is 749. The lowest BCUT2D eigenvalue weighted by atomic mass is 9.85. The number of ether oxygens (including phenoxy) is 1. The van der Waals surface area contributed by atoms with Gasteiger partial charge in [0.15, 0.2) is 0 Å². The van der Waals surface area contributed by atoms with E-state index < -0.39 is 11.1 Å². The molecule has 2 rings (SSSR count). The van der Waals surface area contributed by atoms with Gasteiger partial charge in [0.1, 0.15) is 11.1 Å². The number of halogens is 1. The summed E-state index contributed by atoms with van der Waals surface area (Å²) in [5, 5.41) is 0. The van der Waals surface area contributed by atoms with Crippen molar-refractivity contribution in [2.45, 2.75) is 58.1 Å². The van der Waals surface area contributed by atoms with Crippen LogP contribution in [0.15, 0.2) is 53.0 Å². The van der Waals surface area contributed by atoms with E-state index in [0.717, 1.165) is 22.9 Å². The van der Waals surface area contributed by atoms with Gasteiger partial charge in [0.2, 0.25) is 0 Å². The normalized spacial score (nSPS) is 13.9. The number of carbonyl (C=O) groups excluding carboxylic acids is 1. The molecule has 0 unspecified atom stereocenters. The fourth-order valence-corrected chi connectivity index (χ4v) is 3.22. The lowest BCUT2D eigenvalue weighted by Gasteiger charge is -2.32. The maximum atomic E-state index is 12.9. The molecule has 0 fully saturated rings. The molecule has 0 spiro atoms. The van der Waals surface area contributed by atoms with Crippen LogP contribution in [0, 0.1) is 6.92 Å². The van der Waals surface area contributed by atoms with E-state index in [1.54, 1.807) is 0 Å². The maximum absolute atomic E-state index is 12.9. The highest BCUT2D eigenvalue weighted by Crippen LogP contribution is 2.30. The molecule has 0 saturated heterocycles. The summed E-state index contributed by atoms with van der Waals surface area (Å²) < 4.78 is 6.53. The second-order valence-electron chi connectivity index (χ2n) is 7.82. The summed E-state index contributed by atoms with van der Waals surface area (Å²) in [7, 11) is 0. The summed E-state index contributed by atoms with van der Waals surface area (Å²) in [6.07, 6.45) is 2.19. The van der Waals surface area contributed by atoms with Gasteiger partial charge in [-0.1, -0.05) is 57.9 Å².